The minimum Gasteiger partial charge on any atom is -0.383 e. The van der Waals surface area contributed by atoms with E-state index in [1.54, 1.807) is 18.3 Å². The van der Waals surface area contributed by atoms with Crippen LogP contribution >= 0.6 is 0 Å². The Bertz CT molecular complexity index is 438. The van der Waals surface area contributed by atoms with Crippen molar-refractivity contribution < 1.29 is 4.79 Å². The first-order valence-electron chi connectivity index (χ1n) is 5.17. The topological polar surface area (TPSA) is 77.8 Å². The zero-order chi connectivity index (χ0) is 11.4. The summed E-state index contributed by atoms with van der Waals surface area (Å²) in [5.41, 5.74) is 1.24. The predicted octanol–water partition coefficient (Wildman–Crippen LogP) is 0.644. The van der Waals surface area contributed by atoms with E-state index in [4.69, 9.17) is 5.26 Å². The van der Waals surface area contributed by atoms with E-state index in [0.717, 1.165) is 12.1 Å². The van der Waals surface area contributed by atoms with Gasteiger partial charge in [-0.05, 0) is 18.6 Å². The lowest BCUT2D eigenvalue weighted by Gasteiger charge is -2.12. The molecular formula is C11H12N4O. The van der Waals surface area contributed by atoms with Crippen LogP contribution in [0.3, 0.4) is 0 Å². The van der Waals surface area contributed by atoms with Crippen molar-refractivity contribution in [3.63, 3.8) is 0 Å². The van der Waals surface area contributed by atoms with Gasteiger partial charge in [-0.3, -0.25) is 4.79 Å². The van der Waals surface area contributed by atoms with Gasteiger partial charge < -0.3 is 10.6 Å². The van der Waals surface area contributed by atoms with Crippen LogP contribution in [0.4, 0.5) is 5.69 Å². The van der Waals surface area contributed by atoms with Gasteiger partial charge in [0.1, 0.15) is 11.8 Å². The lowest BCUT2D eigenvalue weighted by atomic mass is 10.2. The van der Waals surface area contributed by atoms with Crippen LogP contribution in [0.25, 0.3) is 0 Å². The highest BCUT2D eigenvalue weighted by Crippen LogP contribution is 2.10. The maximum atomic E-state index is 11.0. The molecule has 5 nitrogen and oxygen atoms in total. The number of anilines is 1. The van der Waals surface area contributed by atoms with Gasteiger partial charge in [0.15, 0.2) is 0 Å². The van der Waals surface area contributed by atoms with Crippen LogP contribution in [0.2, 0.25) is 0 Å². The van der Waals surface area contributed by atoms with Crippen molar-refractivity contribution >= 4 is 11.6 Å². The van der Waals surface area contributed by atoms with Crippen molar-refractivity contribution in [2.24, 2.45) is 0 Å². The van der Waals surface area contributed by atoms with E-state index in [1.165, 1.54) is 0 Å². The fraction of sp³-hybridized carbons (Fsp3) is 0.364. The van der Waals surface area contributed by atoms with Crippen LogP contribution in [-0.4, -0.2) is 23.5 Å². The lowest BCUT2D eigenvalue weighted by molar-refractivity contribution is -0.119. The summed E-state index contributed by atoms with van der Waals surface area (Å²) in [5.74, 6) is 0.110. The summed E-state index contributed by atoms with van der Waals surface area (Å²) in [5, 5.41) is 14.7. The smallest absolute Gasteiger partial charge is 0.220 e. The molecule has 0 saturated carbocycles. The number of rotatable bonds is 3. The van der Waals surface area contributed by atoms with Gasteiger partial charge in [0.25, 0.3) is 0 Å². The average molecular weight is 216 g/mol. The molecule has 0 bridgehead atoms. The van der Waals surface area contributed by atoms with Gasteiger partial charge in [0, 0.05) is 30.9 Å². The number of carbonyl (C=O) groups excluding carboxylic acids is 1. The second-order valence-electron chi connectivity index (χ2n) is 3.73. The number of hydrogen-bond acceptors (Lipinski definition) is 4. The second-order valence-corrected chi connectivity index (χ2v) is 3.73. The Kier molecular flexibility index (Phi) is 3.01. The molecule has 0 radical (unpaired) electrons. The molecule has 82 valence electrons. The summed E-state index contributed by atoms with van der Waals surface area (Å²) in [6, 6.07) is 5.66. The van der Waals surface area contributed by atoms with Gasteiger partial charge in [0.05, 0.1) is 0 Å². The molecule has 1 saturated heterocycles. The summed E-state index contributed by atoms with van der Waals surface area (Å²) in [6.07, 6.45) is 3.06. The highest BCUT2D eigenvalue weighted by molar-refractivity contribution is 5.78. The molecule has 2 N–H and O–H groups in total. The molecule has 16 heavy (non-hydrogen) atoms. The SMILES string of the molecule is N#Cc1cc(NCC2CCC(=O)N2)ccn1. The first-order valence-corrected chi connectivity index (χ1v) is 5.17. The van der Waals surface area contributed by atoms with E-state index < -0.39 is 0 Å². The zero-order valence-corrected chi connectivity index (χ0v) is 8.73. The predicted molar refractivity (Wildman–Crippen MR) is 58.6 cm³/mol. The Labute approximate surface area is 93.5 Å². The van der Waals surface area contributed by atoms with Crippen molar-refractivity contribution in [2.45, 2.75) is 18.9 Å². The van der Waals surface area contributed by atoms with Crippen LogP contribution in [-0.2, 0) is 4.79 Å². The van der Waals surface area contributed by atoms with Crippen LogP contribution in [0.1, 0.15) is 18.5 Å². The third kappa shape index (κ3) is 2.48. The first kappa shape index (κ1) is 10.4. The molecular weight excluding hydrogens is 204 g/mol. The van der Waals surface area contributed by atoms with Gasteiger partial charge in [0.2, 0.25) is 5.91 Å². The Morgan fingerprint density at radius 1 is 1.69 bits per heavy atom. The van der Waals surface area contributed by atoms with Crippen molar-refractivity contribution in [3.8, 4) is 6.07 Å². The molecule has 0 spiro atoms. The molecule has 0 aliphatic carbocycles. The summed E-state index contributed by atoms with van der Waals surface area (Å²) >= 11 is 0. The quantitative estimate of drug-likeness (QED) is 0.777. The molecule has 2 rings (SSSR count). The Morgan fingerprint density at radius 2 is 2.56 bits per heavy atom. The van der Waals surface area contributed by atoms with E-state index in [9.17, 15) is 4.79 Å². The molecule has 2 heterocycles. The molecule has 1 aromatic heterocycles. The number of nitrogens with zero attached hydrogens (tertiary/aromatic N) is 2. The molecule has 1 amide bonds. The summed E-state index contributed by atoms with van der Waals surface area (Å²) in [4.78, 5) is 14.9. The fourth-order valence-corrected chi connectivity index (χ4v) is 1.67. The van der Waals surface area contributed by atoms with Crippen molar-refractivity contribution in [1.82, 2.24) is 10.3 Å². The maximum Gasteiger partial charge on any atom is 0.220 e. The van der Waals surface area contributed by atoms with Gasteiger partial charge in [-0.1, -0.05) is 0 Å². The largest absolute Gasteiger partial charge is 0.383 e. The summed E-state index contributed by atoms with van der Waals surface area (Å²) in [6.45, 7) is 0.681. The molecule has 1 atom stereocenters. The fourth-order valence-electron chi connectivity index (χ4n) is 1.67. The van der Waals surface area contributed by atoms with E-state index in [-0.39, 0.29) is 11.9 Å². The van der Waals surface area contributed by atoms with Crippen LogP contribution in [0, 0.1) is 11.3 Å². The Hall–Kier alpha value is -2.09. The van der Waals surface area contributed by atoms with Crippen molar-refractivity contribution in [1.29, 1.82) is 5.26 Å². The van der Waals surface area contributed by atoms with Crippen LogP contribution in [0.5, 0.6) is 0 Å². The highest BCUT2D eigenvalue weighted by atomic mass is 16.1. The molecule has 1 aliphatic heterocycles. The minimum absolute atomic E-state index is 0.110. The number of aromatic nitrogens is 1. The number of carbonyl (C=O) groups is 1. The van der Waals surface area contributed by atoms with Crippen molar-refractivity contribution in [3.05, 3.63) is 24.0 Å². The van der Waals surface area contributed by atoms with E-state index in [1.807, 2.05) is 6.07 Å². The van der Waals surface area contributed by atoms with Crippen LogP contribution in [0.15, 0.2) is 18.3 Å². The number of amides is 1. The maximum absolute atomic E-state index is 11.0. The van der Waals surface area contributed by atoms with E-state index in [2.05, 4.69) is 15.6 Å². The normalized spacial score (nSPS) is 18.9. The highest BCUT2D eigenvalue weighted by Gasteiger charge is 2.19. The number of nitriles is 1. The molecule has 0 aromatic carbocycles. The molecule has 1 aliphatic rings. The van der Waals surface area contributed by atoms with Gasteiger partial charge >= 0.3 is 0 Å². The van der Waals surface area contributed by atoms with Crippen molar-refractivity contribution in [2.75, 3.05) is 11.9 Å². The number of pyridine rings is 1. The van der Waals surface area contributed by atoms with E-state index in [0.29, 0.717) is 18.7 Å². The lowest BCUT2D eigenvalue weighted by Crippen LogP contribution is -2.31. The van der Waals surface area contributed by atoms with Gasteiger partial charge in [-0.25, -0.2) is 4.98 Å². The number of nitrogens with one attached hydrogen (secondary N) is 2. The summed E-state index contributed by atoms with van der Waals surface area (Å²) < 4.78 is 0. The second kappa shape index (κ2) is 4.62. The zero-order valence-electron chi connectivity index (χ0n) is 8.73. The van der Waals surface area contributed by atoms with Crippen LogP contribution < -0.4 is 10.6 Å². The average Bonchev–Trinajstić information content (AvgIpc) is 2.73. The molecule has 1 unspecified atom stereocenters. The molecule has 1 aromatic rings. The number of hydrogen-bond donors (Lipinski definition) is 2. The molecule has 1 fully saturated rings. The van der Waals surface area contributed by atoms with Gasteiger partial charge in [-0.2, -0.15) is 5.26 Å². The monoisotopic (exact) mass is 216 g/mol. The Balaban J connectivity index is 1.90. The molecule has 5 heteroatoms. The summed E-state index contributed by atoms with van der Waals surface area (Å²) in [7, 11) is 0. The standard InChI is InChI=1S/C11H12N4O/c12-6-10-5-8(3-4-13-10)14-7-9-1-2-11(16)15-9/h3-5,9H,1-2,7H2,(H,13,14)(H,15,16). The Morgan fingerprint density at radius 3 is 3.25 bits per heavy atom. The van der Waals surface area contributed by atoms with E-state index >= 15 is 0 Å². The third-order valence-electron chi connectivity index (χ3n) is 2.51. The van der Waals surface area contributed by atoms with Gasteiger partial charge in [-0.15, -0.1) is 0 Å². The minimum atomic E-state index is 0.110. The third-order valence-corrected chi connectivity index (χ3v) is 2.51. The first-order chi connectivity index (χ1) is 7.78.